The van der Waals surface area contributed by atoms with Crippen LogP contribution in [0, 0.1) is 0 Å². The van der Waals surface area contributed by atoms with Crippen LogP contribution in [0.4, 0.5) is 0 Å². The van der Waals surface area contributed by atoms with Crippen molar-refractivity contribution in [3.05, 3.63) is 54.0 Å². The van der Waals surface area contributed by atoms with E-state index < -0.39 is 0 Å². The van der Waals surface area contributed by atoms with Gasteiger partial charge in [-0.3, -0.25) is 9.98 Å². The molecule has 9 heteroatoms. The molecule has 4 N–H and O–H groups in total. The lowest BCUT2D eigenvalue weighted by atomic mass is 10.1. The molecule has 9 nitrogen and oxygen atoms in total. The lowest BCUT2D eigenvalue weighted by molar-refractivity contribution is 0.949. The SMILES string of the molecule is NNC(=NCc1ccc2ncccc2c1)c1cnc2n[nH]nc2n1. The van der Waals surface area contributed by atoms with Gasteiger partial charge in [0, 0.05) is 11.6 Å². The molecule has 0 saturated carbocycles. The van der Waals surface area contributed by atoms with E-state index in [4.69, 9.17) is 5.84 Å². The molecule has 0 saturated heterocycles. The van der Waals surface area contributed by atoms with Crippen LogP contribution in [0.5, 0.6) is 0 Å². The third-order valence-corrected chi connectivity index (χ3v) is 3.51. The summed E-state index contributed by atoms with van der Waals surface area (Å²) in [5, 5.41) is 11.3. The van der Waals surface area contributed by atoms with Crippen molar-refractivity contribution >= 4 is 28.0 Å². The van der Waals surface area contributed by atoms with Crippen LogP contribution in [0.3, 0.4) is 0 Å². The number of fused-ring (bicyclic) bond motifs is 2. The van der Waals surface area contributed by atoms with Crippen LogP contribution >= 0.6 is 0 Å². The van der Waals surface area contributed by atoms with E-state index in [0.29, 0.717) is 29.4 Å². The van der Waals surface area contributed by atoms with Crippen LogP contribution in [-0.2, 0) is 6.54 Å². The first-order valence-corrected chi connectivity index (χ1v) is 7.22. The maximum Gasteiger partial charge on any atom is 0.221 e. The van der Waals surface area contributed by atoms with Gasteiger partial charge in [-0.05, 0) is 23.8 Å². The zero-order valence-corrected chi connectivity index (χ0v) is 12.5. The molecule has 0 aliphatic carbocycles. The second-order valence-corrected chi connectivity index (χ2v) is 5.07. The van der Waals surface area contributed by atoms with E-state index in [1.807, 2.05) is 30.3 Å². The van der Waals surface area contributed by atoms with E-state index >= 15 is 0 Å². The number of benzene rings is 1. The highest BCUT2D eigenvalue weighted by Crippen LogP contribution is 2.14. The second-order valence-electron chi connectivity index (χ2n) is 5.07. The molecule has 1 aromatic carbocycles. The van der Waals surface area contributed by atoms with Crippen LogP contribution in [0.2, 0.25) is 0 Å². The molecule has 0 radical (unpaired) electrons. The highest BCUT2D eigenvalue weighted by atomic mass is 15.4. The molecule has 4 aromatic rings. The van der Waals surface area contributed by atoms with Gasteiger partial charge in [-0.2, -0.15) is 5.21 Å². The fourth-order valence-corrected chi connectivity index (χ4v) is 2.36. The van der Waals surface area contributed by atoms with Crippen molar-refractivity contribution in [2.45, 2.75) is 6.54 Å². The molecule has 0 fully saturated rings. The minimum Gasteiger partial charge on any atom is -0.307 e. The minimum atomic E-state index is 0.409. The minimum absolute atomic E-state index is 0.409. The summed E-state index contributed by atoms with van der Waals surface area (Å²) < 4.78 is 0. The zero-order valence-electron chi connectivity index (χ0n) is 12.5. The number of aromatic amines is 1. The first-order chi connectivity index (χ1) is 11.8. The molecule has 0 amide bonds. The number of amidine groups is 1. The van der Waals surface area contributed by atoms with E-state index in [2.05, 4.69) is 40.8 Å². The van der Waals surface area contributed by atoms with Crippen molar-refractivity contribution in [3.8, 4) is 0 Å². The predicted molar refractivity (Wildman–Crippen MR) is 88.8 cm³/mol. The summed E-state index contributed by atoms with van der Waals surface area (Å²) in [4.78, 5) is 17.3. The highest BCUT2D eigenvalue weighted by Gasteiger charge is 2.08. The number of aromatic nitrogens is 6. The summed E-state index contributed by atoms with van der Waals surface area (Å²) in [6.45, 7) is 0.447. The van der Waals surface area contributed by atoms with Crippen molar-refractivity contribution in [2.24, 2.45) is 10.8 Å². The number of rotatable bonds is 3. The van der Waals surface area contributed by atoms with Crippen molar-refractivity contribution in [3.63, 3.8) is 0 Å². The molecule has 3 heterocycles. The molecule has 24 heavy (non-hydrogen) atoms. The molecule has 0 aliphatic heterocycles. The Kier molecular flexibility index (Phi) is 3.52. The Hall–Kier alpha value is -3.46. The molecule has 0 spiro atoms. The van der Waals surface area contributed by atoms with Crippen molar-refractivity contribution in [1.82, 2.24) is 35.8 Å². The van der Waals surface area contributed by atoms with E-state index in [9.17, 15) is 0 Å². The number of nitrogens with one attached hydrogen (secondary N) is 2. The smallest absolute Gasteiger partial charge is 0.221 e. The van der Waals surface area contributed by atoms with Crippen LogP contribution in [0.15, 0.2) is 47.7 Å². The fourth-order valence-electron chi connectivity index (χ4n) is 2.36. The van der Waals surface area contributed by atoms with E-state index in [-0.39, 0.29) is 0 Å². The average Bonchev–Trinajstić information content (AvgIpc) is 3.10. The quantitative estimate of drug-likeness (QED) is 0.219. The van der Waals surface area contributed by atoms with E-state index in [0.717, 1.165) is 16.5 Å². The number of hydrazine groups is 1. The lowest BCUT2D eigenvalue weighted by Crippen LogP contribution is -2.32. The van der Waals surface area contributed by atoms with Crippen LogP contribution in [-0.4, -0.2) is 36.2 Å². The normalized spacial score (nSPS) is 12.0. The summed E-state index contributed by atoms with van der Waals surface area (Å²) in [5.74, 6) is 6.01. The molecule has 118 valence electrons. The standard InChI is InChI=1S/C15H13N9/c16-21-13(12-8-19-14-15(20-12)23-24-22-14)18-7-9-3-4-11-10(6-9)2-1-5-17-11/h1-6,8H,7,16H2,(H,18,21)(H,19,20,22,23,24). The Morgan fingerprint density at radius 1 is 1.17 bits per heavy atom. The van der Waals surface area contributed by atoms with Crippen molar-refractivity contribution in [2.75, 3.05) is 0 Å². The van der Waals surface area contributed by atoms with Gasteiger partial charge in [-0.15, -0.1) is 10.2 Å². The topological polar surface area (TPSA) is 131 Å². The van der Waals surface area contributed by atoms with Gasteiger partial charge in [0.1, 0.15) is 5.69 Å². The highest BCUT2D eigenvalue weighted by molar-refractivity contribution is 5.97. The van der Waals surface area contributed by atoms with Gasteiger partial charge in [0.2, 0.25) is 11.3 Å². The van der Waals surface area contributed by atoms with Crippen LogP contribution in [0.25, 0.3) is 22.2 Å². The maximum absolute atomic E-state index is 5.58. The average molecular weight is 319 g/mol. The van der Waals surface area contributed by atoms with Gasteiger partial charge >= 0.3 is 0 Å². The zero-order chi connectivity index (χ0) is 16.4. The summed E-state index contributed by atoms with van der Waals surface area (Å²) in [6, 6.07) is 9.93. The number of nitrogens with two attached hydrogens (primary N) is 1. The largest absolute Gasteiger partial charge is 0.307 e. The third-order valence-electron chi connectivity index (χ3n) is 3.51. The maximum atomic E-state index is 5.58. The Morgan fingerprint density at radius 3 is 3.00 bits per heavy atom. The number of pyridine rings is 1. The molecule has 0 atom stereocenters. The molecule has 0 aliphatic rings. The first kappa shape index (κ1) is 14.2. The molecule has 0 unspecified atom stereocenters. The second kappa shape index (κ2) is 5.97. The molecular formula is C15H13N9. The molecule has 3 aromatic heterocycles. The van der Waals surface area contributed by atoms with Gasteiger partial charge in [-0.1, -0.05) is 12.1 Å². The summed E-state index contributed by atoms with van der Waals surface area (Å²) in [5.41, 5.74) is 5.90. The first-order valence-electron chi connectivity index (χ1n) is 7.22. The van der Waals surface area contributed by atoms with Crippen molar-refractivity contribution in [1.29, 1.82) is 0 Å². The molecule has 4 rings (SSSR count). The Bertz CT molecular complexity index is 1040. The number of hydrogen-bond acceptors (Lipinski definition) is 7. The van der Waals surface area contributed by atoms with E-state index in [1.54, 1.807) is 12.4 Å². The van der Waals surface area contributed by atoms with Gasteiger partial charge in [0.15, 0.2) is 5.84 Å². The summed E-state index contributed by atoms with van der Waals surface area (Å²) >= 11 is 0. The van der Waals surface area contributed by atoms with Crippen molar-refractivity contribution < 1.29 is 0 Å². The fraction of sp³-hybridized carbons (Fsp3) is 0.0667. The lowest BCUT2D eigenvalue weighted by Gasteiger charge is -2.05. The Morgan fingerprint density at radius 2 is 2.08 bits per heavy atom. The van der Waals surface area contributed by atoms with Gasteiger partial charge in [0.25, 0.3) is 0 Å². The number of aliphatic imine (C=N–C) groups is 1. The summed E-state index contributed by atoms with van der Waals surface area (Å²) in [6.07, 6.45) is 3.32. The predicted octanol–water partition coefficient (Wildman–Crippen LogP) is 0.706. The van der Waals surface area contributed by atoms with Crippen LogP contribution < -0.4 is 11.3 Å². The van der Waals surface area contributed by atoms with Gasteiger partial charge < -0.3 is 5.43 Å². The number of hydrogen-bond donors (Lipinski definition) is 3. The monoisotopic (exact) mass is 319 g/mol. The third kappa shape index (κ3) is 2.63. The van der Waals surface area contributed by atoms with Crippen LogP contribution in [0.1, 0.15) is 11.3 Å². The Labute approximate surface area is 136 Å². The molecule has 0 bridgehead atoms. The molecular weight excluding hydrogens is 306 g/mol. The van der Waals surface area contributed by atoms with Gasteiger partial charge in [0.05, 0.1) is 18.3 Å². The van der Waals surface area contributed by atoms with Gasteiger partial charge in [-0.25, -0.2) is 15.8 Å². The number of nitrogens with zero attached hydrogens (tertiary/aromatic N) is 6. The Balaban J connectivity index is 1.63. The van der Waals surface area contributed by atoms with E-state index in [1.165, 1.54) is 0 Å². The summed E-state index contributed by atoms with van der Waals surface area (Å²) in [7, 11) is 0. The number of H-pyrrole nitrogens is 1.